The summed E-state index contributed by atoms with van der Waals surface area (Å²) in [5.74, 6) is 0.424. The van der Waals surface area contributed by atoms with Crippen LogP contribution in [-0.4, -0.2) is 29.5 Å². The molecule has 0 spiro atoms. The second-order valence-electron chi connectivity index (χ2n) is 7.12. The molecule has 0 unspecified atom stereocenters. The van der Waals surface area contributed by atoms with Gasteiger partial charge in [-0.05, 0) is 32.9 Å². The van der Waals surface area contributed by atoms with Crippen LogP contribution in [0.3, 0.4) is 0 Å². The van der Waals surface area contributed by atoms with Gasteiger partial charge < -0.3 is 10.2 Å². The van der Waals surface area contributed by atoms with Gasteiger partial charge >= 0.3 is 0 Å². The summed E-state index contributed by atoms with van der Waals surface area (Å²) in [6.07, 6.45) is 0. The summed E-state index contributed by atoms with van der Waals surface area (Å²) in [6.45, 7) is 12.9. The lowest BCUT2D eigenvalue weighted by molar-refractivity contribution is -0.0667. The Morgan fingerprint density at radius 3 is 2.57 bits per heavy atom. The fraction of sp³-hybridized carbons (Fsp3) is 0.556. The van der Waals surface area contributed by atoms with E-state index in [1.165, 1.54) is 6.07 Å². The molecule has 5 heteroatoms. The lowest BCUT2D eigenvalue weighted by atomic mass is 9.65. The van der Waals surface area contributed by atoms with Crippen LogP contribution in [0.1, 0.15) is 45.7 Å². The third-order valence-electron chi connectivity index (χ3n) is 5.06. The molecule has 0 aromatic heterocycles. The van der Waals surface area contributed by atoms with Gasteiger partial charge in [-0.3, -0.25) is 0 Å². The molecule has 1 aliphatic rings. The Morgan fingerprint density at radius 2 is 2.09 bits per heavy atom. The summed E-state index contributed by atoms with van der Waals surface area (Å²) < 4.78 is 14.0. The van der Waals surface area contributed by atoms with Crippen LogP contribution >= 0.6 is 0 Å². The molecule has 0 saturated carbocycles. The standard InChI is InChI=1S/C18H25FN4/c1-6-21-16(23-12-17(2,3)18(23,4)5)22-11-14-8-7-13(10-20)9-15(14)19/h7-9H,6,11-12H2,1-5H3,(H,21,22). The Labute approximate surface area is 138 Å². The zero-order valence-electron chi connectivity index (χ0n) is 14.6. The quantitative estimate of drug-likeness (QED) is 0.688. The summed E-state index contributed by atoms with van der Waals surface area (Å²) in [6, 6.07) is 6.45. The first kappa shape index (κ1) is 17.3. The van der Waals surface area contributed by atoms with Crippen molar-refractivity contribution in [3.63, 3.8) is 0 Å². The van der Waals surface area contributed by atoms with Crippen molar-refractivity contribution < 1.29 is 4.39 Å². The second kappa shape index (κ2) is 6.19. The molecular formula is C18H25FN4. The molecule has 0 radical (unpaired) electrons. The number of hydrogen-bond donors (Lipinski definition) is 1. The number of nitrogens with one attached hydrogen (secondary N) is 1. The Bertz CT molecular complexity index is 655. The van der Waals surface area contributed by atoms with E-state index in [1.54, 1.807) is 12.1 Å². The van der Waals surface area contributed by atoms with Gasteiger partial charge in [0, 0.05) is 29.6 Å². The number of aliphatic imine (C=N–C) groups is 1. The van der Waals surface area contributed by atoms with Gasteiger partial charge in [-0.15, -0.1) is 0 Å². The molecule has 1 aromatic rings. The molecule has 1 aliphatic heterocycles. The van der Waals surface area contributed by atoms with Crippen molar-refractivity contribution in [2.45, 2.75) is 46.7 Å². The molecular weight excluding hydrogens is 291 g/mol. The number of guanidine groups is 1. The van der Waals surface area contributed by atoms with Crippen molar-refractivity contribution >= 4 is 5.96 Å². The molecule has 0 aliphatic carbocycles. The number of benzene rings is 1. The lowest BCUT2D eigenvalue weighted by Gasteiger charge is -2.62. The molecule has 2 rings (SSSR count). The third-order valence-corrected chi connectivity index (χ3v) is 5.06. The van der Waals surface area contributed by atoms with Crippen LogP contribution in [0, 0.1) is 22.6 Å². The molecule has 1 heterocycles. The molecule has 1 aromatic carbocycles. The van der Waals surface area contributed by atoms with Gasteiger partial charge in [0.05, 0.1) is 18.2 Å². The predicted octanol–water partition coefficient (Wildman–Crippen LogP) is 3.28. The second-order valence-corrected chi connectivity index (χ2v) is 7.12. The number of rotatable bonds is 3. The number of nitrogens with zero attached hydrogens (tertiary/aromatic N) is 3. The van der Waals surface area contributed by atoms with Crippen LogP contribution in [0.4, 0.5) is 4.39 Å². The van der Waals surface area contributed by atoms with Crippen molar-refractivity contribution in [1.82, 2.24) is 10.2 Å². The Balaban J connectivity index is 2.19. The fourth-order valence-electron chi connectivity index (χ4n) is 2.70. The summed E-state index contributed by atoms with van der Waals surface area (Å²) in [7, 11) is 0. The first-order chi connectivity index (χ1) is 10.7. The average molecular weight is 316 g/mol. The SMILES string of the molecule is CCNC(=NCc1ccc(C#N)cc1F)N1CC(C)(C)C1(C)C. The Kier molecular flexibility index (Phi) is 4.65. The van der Waals surface area contributed by atoms with E-state index in [2.05, 4.69) is 42.9 Å². The van der Waals surface area contributed by atoms with E-state index in [0.29, 0.717) is 11.1 Å². The maximum atomic E-state index is 14.0. The van der Waals surface area contributed by atoms with E-state index < -0.39 is 0 Å². The summed E-state index contributed by atoms with van der Waals surface area (Å²) >= 11 is 0. The maximum absolute atomic E-state index is 14.0. The van der Waals surface area contributed by atoms with Gasteiger partial charge in [-0.2, -0.15) is 5.26 Å². The molecule has 1 saturated heterocycles. The van der Waals surface area contributed by atoms with Crippen LogP contribution < -0.4 is 5.32 Å². The Hall–Kier alpha value is -2.09. The van der Waals surface area contributed by atoms with Crippen molar-refractivity contribution in [2.75, 3.05) is 13.1 Å². The molecule has 23 heavy (non-hydrogen) atoms. The minimum Gasteiger partial charge on any atom is -0.356 e. The first-order valence-electron chi connectivity index (χ1n) is 7.97. The van der Waals surface area contributed by atoms with Gasteiger partial charge in [0.25, 0.3) is 0 Å². The van der Waals surface area contributed by atoms with Crippen molar-refractivity contribution in [3.8, 4) is 6.07 Å². The van der Waals surface area contributed by atoms with Crippen LogP contribution in [0.2, 0.25) is 0 Å². The van der Waals surface area contributed by atoms with Crippen LogP contribution in [0.15, 0.2) is 23.2 Å². The molecule has 4 nitrogen and oxygen atoms in total. The van der Waals surface area contributed by atoms with E-state index in [4.69, 9.17) is 5.26 Å². The van der Waals surface area contributed by atoms with Gasteiger partial charge in [0.15, 0.2) is 5.96 Å². The molecule has 0 atom stereocenters. The van der Waals surface area contributed by atoms with E-state index >= 15 is 0 Å². The van der Waals surface area contributed by atoms with Gasteiger partial charge in [0.1, 0.15) is 5.82 Å². The van der Waals surface area contributed by atoms with Crippen molar-refractivity contribution in [3.05, 3.63) is 35.1 Å². The lowest BCUT2D eigenvalue weighted by Crippen LogP contribution is -2.72. The Morgan fingerprint density at radius 1 is 1.39 bits per heavy atom. The first-order valence-corrected chi connectivity index (χ1v) is 7.97. The van der Waals surface area contributed by atoms with E-state index in [1.807, 2.05) is 13.0 Å². The monoisotopic (exact) mass is 316 g/mol. The topological polar surface area (TPSA) is 51.4 Å². The number of halogens is 1. The molecule has 1 fully saturated rings. The summed E-state index contributed by atoms with van der Waals surface area (Å²) in [5.41, 5.74) is 1.03. The minimum absolute atomic E-state index is 0.00276. The third kappa shape index (κ3) is 3.17. The number of likely N-dealkylation sites (tertiary alicyclic amines) is 1. The van der Waals surface area contributed by atoms with Gasteiger partial charge in [0.2, 0.25) is 0 Å². The van der Waals surface area contributed by atoms with Crippen LogP contribution in [0.5, 0.6) is 0 Å². The van der Waals surface area contributed by atoms with Crippen molar-refractivity contribution in [2.24, 2.45) is 10.4 Å². The van der Waals surface area contributed by atoms with Gasteiger partial charge in [-0.25, -0.2) is 9.38 Å². The molecule has 0 amide bonds. The van der Waals surface area contributed by atoms with E-state index in [0.717, 1.165) is 19.0 Å². The molecule has 1 N–H and O–H groups in total. The highest BCUT2D eigenvalue weighted by atomic mass is 19.1. The minimum atomic E-state index is -0.383. The highest BCUT2D eigenvalue weighted by Gasteiger charge is 2.53. The average Bonchev–Trinajstić information content (AvgIpc) is 2.50. The summed E-state index contributed by atoms with van der Waals surface area (Å²) in [5, 5.41) is 12.1. The van der Waals surface area contributed by atoms with E-state index in [9.17, 15) is 4.39 Å². The highest BCUT2D eigenvalue weighted by Crippen LogP contribution is 2.46. The zero-order chi connectivity index (χ0) is 17.3. The van der Waals surface area contributed by atoms with Crippen molar-refractivity contribution in [1.29, 1.82) is 5.26 Å². The number of nitriles is 1. The smallest absolute Gasteiger partial charge is 0.194 e. The molecule has 124 valence electrons. The normalized spacial score (nSPS) is 19.0. The predicted molar refractivity (Wildman–Crippen MR) is 90.5 cm³/mol. The molecule has 0 bridgehead atoms. The summed E-state index contributed by atoms with van der Waals surface area (Å²) in [4.78, 5) is 6.83. The maximum Gasteiger partial charge on any atom is 0.194 e. The largest absolute Gasteiger partial charge is 0.356 e. The number of hydrogen-bond acceptors (Lipinski definition) is 2. The highest BCUT2D eigenvalue weighted by molar-refractivity contribution is 5.82. The van der Waals surface area contributed by atoms with E-state index in [-0.39, 0.29) is 23.3 Å². The van der Waals surface area contributed by atoms with Crippen LogP contribution in [-0.2, 0) is 6.54 Å². The van der Waals surface area contributed by atoms with Gasteiger partial charge in [-0.1, -0.05) is 19.9 Å². The fourth-order valence-corrected chi connectivity index (χ4v) is 2.70. The zero-order valence-corrected chi connectivity index (χ0v) is 14.6. The van der Waals surface area contributed by atoms with Crippen LogP contribution in [0.25, 0.3) is 0 Å².